The Morgan fingerprint density at radius 3 is 1.73 bits per heavy atom. The number of hydrogen-bond donors (Lipinski definition) is 14. The van der Waals surface area contributed by atoms with Crippen LogP contribution in [0.15, 0.2) is 24.3 Å². The number of carboxylic acid groups (broad SMARTS) is 1. The van der Waals surface area contributed by atoms with Crippen molar-refractivity contribution in [2.24, 2.45) is 0 Å². The fraction of sp³-hybridized carbons (Fsp3) is 0.879. The summed E-state index contributed by atoms with van der Waals surface area (Å²) in [4.78, 5) is 38.3. The molecule has 0 aromatic carbocycles. The summed E-state index contributed by atoms with van der Waals surface area (Å²) in [6.45, 7) is 2.10. The lowest BCUT2D eigenvalue weighted by Gasteiger charge is -2.50. The number of ether oxygens (including phenoxy) is 6. The number of carboxylic acids is 1. The molecule has 0 radical (unpaired) electrons. The van der Waals surface area contributed by atoms with Gasteiger partial charge in [-0.05, 0) is 32.1 Å². The van der Waals surface area contributed by atoms with Gasteiger partial charge in [-0.3, -0.25) is 9.59 Å². The molecule has 3 fully saturated rings. The molecule has 3 saturated heterocycles. The van der Waals surface area contributed by atoms with Gasteiger partial charge in [-0.1, -0.05) is 160 Å². The smallest absolute Gasteiger partial charge is 0.364 e. The lowest BCUT2D eigenvalue weighted by Crippen LogP contribution is -2.70. The number of nitrogens with one attached hydrogen (secondary N) is 2. The van der Waals surface area contributed by atoms with Crippen LogP contribution in [0.25, 0.3) is 0 Å². The second-order valence-electron chi connectivity index (χ2n) is 22.2. The molecule has 23 heteroatoms. The Morgan fingerprint density at radius 2 is 1.19 bits per heavy atom. The van der Waals surface area contributed by atoms with Crippen LogP contribution in [0.4, 0.5) is 0 Å². The van der Waals surface area contributed by atoms with E-state index in [4.69, 9.17) is 28.4 Å². The van der Waals surface area contributed by atoms with Crippen LogP contribution in [-0.2, 0) is 42.8 Å². The minimum Gasteiger partial charge on any atom is -0.477 e. The molecule has 14 N–H and O–H groups in total. The maximum absolute atomic E-state index is 13.3. The highest BCUT2D eigenvalue weighted by Gasteiger charge is 2.60. The Hall–Kier alpha value is -2.79. The van der Waals surface area contributed by atoms with Crippen LogP contribution < -0.4 is 10.6 Å². The highest BCUT2D eigenvalue weighted by atomic mass is 16.8. The second-order valence-corrected chi connectivity index (χ2v) is 22.2. The first-order chi connectivity index (χ1) is 38.9. The van der Waals surface area contributed by atoms with Gasteiger partial charge in [0.25, 0.3) is 5.79 Å². The number of aliphatic carboxylic acids is 1. The molecular formula is C58H104N2O21. The predicted octanol–water partition coefficient (Wildman–Crippen LogP) is 2.55. The number of unbranched alkanes of at least 4 members (excludes halogenated alkanes) is 19. The van der Waals surface area contributed by atoms with Crippen LogP contribution in [0.5, 0.6) is 0 Å². The standard InChI is InChI=1S/C58H104N2O21/c1-4-6-8-10-12-14-16-18-20-21-23-25-27-29-31-40(65)39(60-45(68)32-30-28-26-24-22-19-17-15-13-11-9-7-5-2)37-76-55-50(72)49(71)52(44(36-63)78-55)79-56-51(73)54(48(70)43(35-62)77-56)81-58(57(74)75)33-41(66)46(59-38(3)64)53(80-58)47(69)42(67)34-61/h19,22,26,28,39-44,46-56,61-63,65-67,69-73H,4-18,20-21,23-25,27,29-37H2,1-3H3,(H,59,64)(H,60,68)(H,74,75)/b22-19-,28-26-. The number of allylic oxidation sites excluding steroid dienone is 4. The lowest BCUT2D eigenvalue weighted by molar-refractivity contribution is -0.386. The van der Waals surface area contributed by atoms with Crippen molar-refractivity contribution in [2.45, 2.75) is 298 Å². The summed E-state index contributed by atoms with van der Waals surface area (Å²) in [5, 5.41) is 135. The number of rotatable bonds is 43. The van der Waals surface area contributed by atoms with Gasteiger partial charge in [0.05, 0.1) is 50.7 Å². The summed E-state index contributed by atoms with van der Waals surface area (Å²) < 4.78 is 34.7. The van der Waals surface area contributed by atoms with Gasteiger partial charge in [0.2, 0.25) is 11.8 Å². The molecule has 0 aromatic heterocycles. The maximum atomic E-state index is 13.3. The van der Waals surface area contributed by atoms with Crippen LogP contribution in [0, 0.1) is 0 Å². The van der Waals surface area contributed by atoms with Gasteiger partial charge in [0.15, 0.2) is 12.6 Å². The normalized spacial score (nSPS) is 30.6. The van der Waals surface area contributed by atoms with E-state index in [-0.39, 0.29) is 12.3 Å². The Balaban J connectivity index is 1.68. The zero-order chi connectivity index (χ0) is 59.7. The predicted molar refractivity (Wildman–Crippen MR) is 297 cm³/mol. The SMILES string of the molecule is CCCCCCCC/C=C\C/C=C\CCC(=O)NC(COC1OC(CO)C(OC2OC(CO)C(O)C(OC3(C(=O)O)CC(O)C(NC(C)=O)C(C(O)C(O)CO)O3)C2O)C(O)C1O)C(O)CCCCCCCCCCCCCCCC. The van der Waals surface area contributed by atoms with Gasteiger partial charge in [0, 0.05) is 19.8 Å². The van der Waals surface area contributed by atoms with Crippen LogP contribution in [0.3, 0.4) is 0 Å². The maximum Gasteiger partial charge on any atom is 0.364 e. The Kier molecular flexibility index (Phi) is 36.2. The third-order valence-corrected chi connectivity index (χ3v) is 15.4. The Bertz CT molecular complexity index is 1770. The molecule has 0 aromatic rings. The van der Waals surface area contributed by atoms with Crippen molar-refractivity contribution < 1.29 is 104 Å². The molecule has 3 heterocycles. The average Bonchev–Trinajstić information content (AvgIpc) is 3.45. The van der Waals surface area contributed by atoms with E-state index in [1.54, 1.807) is 0 Å². The molecule has 0 bridgehead atoms. The molecule has 23 nitrogen and oxygen atoms in total. The van der Waals surface area contributed by atoms with Crippen LogP contribution >= 0.6 is 0 Å². The summed E-state index contributed by atoms with van der Waals surface area (Å²) in [5.41, 5.74) is 0. The molecule has 18 atom stereocenters. The van der Waals surface area contributed by atoms with Crippen molar-refractivity contribution in [3.05, 3.63) is 24.3 Å². The van der Waals surface area contributed by atoms with Gasteiger partial charge in [-0.25, -0.2) is 4.79 Å². The molecule has 472 valence electrons. The average molecular weight is 1170 g/mol. The molecule has 3 aliphatic rings. The van der Waals surface area contributed by atoms with Gasteiger partial charge < -0.3 is 100 Å². The monoisotopic (exact) mass is 1160 g/mol. The second kappa shape index (κ2) is 40.5. The third-order valence-electron chi connectivity index (χ3n) is 15.4. The fourth-order valence-electron chi connectivity index (χ4n) is 10.5. The van der Waals surface area contributed by atoms with Gasteiger partial charge in [-0.2, -0.15) is 0 Å². The highest BCUT2D eigenvalue weighted by molar-refractivity contribution is 5.77. The minimum absolute atomic E-state index is 0.117. The number of amides is 2. The largest absolute Gasteiger partial charge is 0.477 e. The summed E-state index contributed by atoms with van der Waals surface area (Å²) in [7, 11) is 0. The summed E-state index contributed by atoms with van der Waals surface area (Å²) >= 11 is 0. The molecule has 0 spiro atoms. The topological polar surface area (TPSA) is 373 Å². The highest BCUT2D eigenvalue weighted by Crippen LogP contribution is 2.38. The first-order valence-corrected chi connectivity index (χ1v) is 30.2. The first-order valence-electron chi connectivity index (χ1n) is 30.2. The van der Waals surface area contributed by atoms with Gasteiger partial charge in [-0.15, -0.1) is 0 Å². The van der Waals surface area contributed by atoms with Crippen LogP contribution in [0.2, 0.25) is 0 Å². The van der Waals surface area contributed by atoms with E-state index in [1.165, 1.54) is 89.9 Å². The Morgan fingerprint density at radius 1 is 0.642 bits per heavy atom. The number of aliphatic hydroxyl groups excluding tert-OH is 11. The van der Waals surface area contributed by atoms with Crippen molar-refractivity contribution >= 4 is 17.8 Å². The summed E-state index contributed by atoms with van der Waals surface area (Å²) in [6, 6.07) is -2.56. The molecule has 0 saturated carbocycles. The van der Waals surface area contributed by atoms with E-state index < -0.39 is 155 Å². The lowest BCUT2D eigenvalue weighted by atomic mass is 9.88. The van der Waals surface area contributed by atoms with Crippen molar-refractivity contribution in [2.75, 3.05) is 26.4 Å². The Labute approximate surface area is 479 Å². The van der Waals surface area contributed by atoms with E-state index in [0.29, 0.717) is 19.3 Å². The van der Waals surface area contributed by atoms with E-state index >= 15 is 0 Å². The van der Waals surface area contributed by atoms with E-state index in [0.717, 1.165) is 51.9 Å². The van der Waals surface area contributed by atoms with Crippen molar-refractivity contribution in [3.63, 3.8) is 0 Å². The molecule has 18 unspecified atom stereocenters. The molecule has 3 rings (SSSR count). The van der Waals surface area contributed by atoms with E-state index in [9.17, 15) is 75.7 Å². The molecule has 81 heavy (non-hydrogen) atoms. The molecule has 2 amide bonds. The molecule has 3 aliphatic heterocycles. The summed E-state index contributed by atoms with van der Waals surface area (Å²) in [6.07, 6.45) is 5.14. The van der Waals surface area contributed by atoms with Crippen LogP contribution in [0.1, 0.15) is 188 Å². The third kappa shape index (κ3) is 25.0. The quantitative estimate of drug-likeness (QED) is 0.0308. The van der Waals surface area contributed by atoms with Gasteiger partial charge in [0.1, 0.15) is 67.1 Å². The number of carbonyl (C=O) groups is 3. The van der Waals surface area contributed by atoms with Crippen molar-refractivity contribution in [3.8, 4) is 0 Å². The first kappa shape index (κ1) is 72.5. The van der Waals surface area contributed by atoms with Crippen molar-refractivity contribution in [1.29, 1.82) is 0 Å². The molecular weight excluding hydrogens is 1060 g/mol. The fourth-order valence-corrected chi connectivity index (χ4v) is 10.5. The summed E-state index contributed by atoms with van der Waals surface area (Å²) in [5.74, 6) is -6.18. The zero-order valence-corrected chi connectivity index (χ0v) is 48.4. The minimum atomic E-state index is -3.08. The van der Waals surface area contributed by atoms with E-state index in [1.807, 2.05) is 12.2 Å². The van der Waals surface area contributed by atoms with Crippen LogP contribution in [-0.4, -0.2) is 215 Å². The number of aliphatic hydroxyl groups is 11. The van der Waals surface area contributed by atoms with E-state index in [2.05, 4.69) is 36.6 Å². The zero-order valence-electron chi connectivity index (χ0n) is 48.4. The number of carbonyl (C=O) groups excluding carboxylic acids is 2. The van der Waals surface area contributed by atoms with Gasteiger partial charge >= 0.3 is 5.97 Å². The van der Waals surface area contributed by atoms with Crippen molar-refractivity contribution in [1.82, 2.24) is 10.6 Å². The number of hydrogen-bond acceptors (Lipinski definition) is 20. The molecule has 0 aliphatic carbocycles.